The molecule has 2 aromatic carbocycles. The summed E-state index contributed by atoms with van der Waals surface area (Å²) in [6.07, 6.45) is -0.472. The minimum absolute atomic E-state index is 0. The summed E-state index contributed by atoms with van der Waals surface area (Å²) >= 11 is 1.31. The highest BCUT2D eigenvalue weighted by Gasteiger charge is 2.33. The zero-order chi connectivity index (χ0) is 22.0. The largest absolute Gasteiger partial charge is 0.416 e. The molecule has 10 heteroatoms. The second-order valence-electron chi connectivity index (χ2n) is 7.81. The van der Waals surface area contributed by atoms with Crippen LogP contribution < -0.4 is 0 Å². The van der Waals surface area contributed by atoms with Crippen molar-refractivity contribution in [2.75, 3.05) is 45.9 Å². The van der Waals surface area contributed by atoms with E-state index in [1.165, 1.54) is 36.0 Å². The van der Waals surface area contributed by atoms with Crippen LogP contribution in [0.1, 0.15) is 22.6 Å². The van der Waals surface area contributed by atoms with Crippen molar-refractivity contribution >= 4 is 36.6 Å². The van der Waals surface area contributed by atoms with Crippen LogP contribution >= 0.6 is 36.6 Å². The summed E-state index contributed by atoms with van der Waals surface area (Å²) in [7, 11) is 0. The predicted molar refractivity (Wildman–Crippen MR) is 127 cm³/mol. The molecule has 1 unspecified atom stereocenters. The van der Waals surface area contributed by atoms with Crippen molar-refractivity contribution < 1.29 is 22.7 Å². The molecule has 0 bridgehead atoms. The van der Waals surface area contributed by atoms with Crippen LogP contribution in [-0.4, -0.2) is 60.8 Å². The molecule has 1 fully saturated rings. The first-order valence-electron chi connectivity index (χ1n) is 10.3. The second kappa shape index (κ2) is 11.9. The zero-order valence-electron chi connectivity index (χ0n) is 17.7. The summed E-state index contributed by atoms with van der Waals surface area (Å²) in [6.45, 7) is 5.04. The molecule has 0 amide bonds. The molecule has 4 rings (SSSR count). The van der Waals surface area contributed by atoms with Crippen LogP contribution in [0.15, 0.2) is 58.3 Å². The molecule has 2 heterocycles. The molecule has 0 saturated carbocycles. The Morgan fingerprint density at radius 1 is 0.939 bits per heavy atom. The van der Waals surface area contributed by atoms with Gasteiger partial charge in [0.2, 0.25) is 0 Å². The number of hydrogen-bond acceptors (Lipinski definition) is 4. The molecule has 3 nitrogen and oxygen atoms in total. The van der Waals surface area contributed by atoms with E-state index in [0.717, 1.165) is 47.6 Å². The van der Waals surface area contributed by atoms with Gasteiger partial charge >= 0.3 is 6.18 Å². The van der Waals surface area contributed by atoms with Crippen LogP contribution in [0.25, 0.3) is 0 Å². The lowest BCUT2D eigenvalue weighted by atomic mass is 9.89. The van der Waals surface area contributed by atoms with Crippen LogP contribution in [0.3, 0.4) is 0 Å². The number of halogens is 6. The molecule has 182 valence electrons. The molecule has 2 aromatic rings. The lowest BCUT2D eigenvalue weighted by molar-refractivity contribution is -0.137. The van der Waals surface area contributed by atoms with E-state index in [-0.39, 0.29) is 43.2 Å². The Bertz CT molecular complexity index is 966. The van der Waals surface area contributed by atoms with Crippen LogP contribution in [0.4, 0.5) is 17.6 Å². The normalized spacial score (nSPS) is 18.9. The Morgan fingerprint density at radius 3 is 2.30 bits per heavy atom. The maximum Gasteiger partial charge on any atom is 0.416 e. The SMILES string of the molecule is Cl.Cl.OCCN1CCN(CC=CC2c3ccc(F)cc3Sc3ccc(C(F)(F)F)cc32)CC1. The number of aliphatic hydroxyl groups excluding tert-OH is 1. The van der Waals surface area contributed by atoms with E-state index < -0.39 is 11.7 Å². The van der Waals surface area contributed by atoms with E-state index in [4.69, 9.17) is 5.11 Å². The number of rotatable bonds is 5. The van der Waals surface area contributed by atoms with Gasteiger partial charge in [0.05, 0.1) is 12.2 Å². The summed E-state index contributed by atoms with van der Waals surface area (Å²) < 4.78 is 53.7. The van der Waals surface area contributed by atoms with Gasteiger partial charge in [-0.2, -0.15) is 13.2 Å². The molecule has 1 atom stereocenters. The number of β-amino-alcohol motifs (C(OH)–C–C–N with tert-alkyl or cyclic N) is 1. The monoisotopic (exact) mass is 524 g/mol. The highest BCUT2D eigenvalue weighted by Crippen LogP contribution is 2.48. The number of nitrogens with zero attached hydrogens (tertiary/aromatic N) is 2. The molecule has 1 N–H and O–H groups in total. The molecule has 0 spiro atoms. The first-order valence-corrected chi connectivity index (χ1v) is 11.1. The standard InChI is InChI=1S/C23H24F4N2OS.2ClH/c24-17-4-5-19-18(2-1-7-28-8-10-29(11-9-28)12-13-30)20-14-16(23(25,26)27)3-6-21(20)31-22(19)15-17;;/h1-6,14-15,18,30H,7-13H2;2*1H. The Hall–Kier alpha value is -1.29. The molecule has 33 heavy (non-hydrogen) atoms. The van der Waals surface area contributed by atoms with Gasteiger partial charge in [-0.05, 0) is 41.5 Å². The summed E-state index contributed by atoms with van der Waals surface area (Å²) in [5.41, 5.74) is 0.751. The van der Waals surface area contributed by atoms with Crippen molar-refractivity contribution in [2.24, 2.45) is 0 Å². The number of aliphatic hydroxyl groups is 1. The van der Waals surface area contributed by atoms with Crippen molar-refractivity contribution in [1.29, 1.82) is 0 Å². The third-order valence-corrected chi connectivity index (χ3v) is 6.94. The topological polar surface area (TPSA) is 26.7 Å². The second-order valence-corrected chi connectivity index (χ2v) is 8.89. The fraction of sp³-hybridized carbons (Fsp3) is 0.391. The molecule has 2 aliphatic heterocycles. The average molecular weight is 525 g/mol. The van der Waals surface area contributed by atoms with Gasteiger partial charge in [0.25, 0.3) is 0 Å². The van der Waals surface area contributed by atoms with Crippen LogP contribution in [0, 0.1) is 5.82 Å². The number of benzene rings is 2. The van der Waals surface area contributed by atoms with E-state index in [2.05, 4.69) is 9.80 Å². The van der Waals surface area contributed by atoms with Crippen molar-refractivity contribution in [3.8, 4) is 0 Å². The van der Waals surface area contributed by atoms with Crippen LogP contribution in [0.2, 0.25) is 0 Å². The lowest BCUT2D eigenvalue weighted by Crippen LogP contribution is -2.47. The fourth-order valence-electron chi connectivity index (χ4n) is 4.09. The highest BCUT2D eigenvalue weighted by molar-refractivity contribution is 7.99. The molecule has 2 aliphatic rings. The van der Waals surface area contributed by atoms with Crippen molar-refractivity contribution in [1.82, 2.24) is 9.80 Å². The summed E-state index contributed by atoms with van der Waals surface area (Å²) in [4.78, 5) is 5.94. The van der Waals surface area contributed by atoms with Gasteiger partial charge in [-0.1, -0.05) is 30.0 Å². The average Bonchev–Trinajstić information content (AvgIpc) is 2.73. The van der Waals surface area contributed by atoms with Gasteiger partial charge in [-0.3, -0.25) is 9.80 Å². The minimum Gasteiger partial charge on any atom is -0.395 e. The predicted octanol–water partition coefficient (Wildman–Crippen LogP) is 5.45. The van der Waals surface area contributed by atoms with Crippen LogP contribution in [-0.2, 0) is 6.18 Å². The van der Waals surface area contributed by atoms with Gasteiger partial charge in [0.15, 0.2) is 0 Å². The third kappa shape index (κ3) is 6.65. The maximum atomic E-state index is 13.8. The van der Waals surface area contributed by atoms with E-state index in [0.29, 0.717) is 18.7 Å². The number of hydrogen-bond donors (Lipinski definition) is 1. The van der Waals surface area contributed by atoms with Gasteiger partial charge < -0.3 is 5.11 Å². The molecular formula is C23H26Cl2F4N2OS. The number of alkyl halides is 3. The number of fused-ring (bicyclic) bond motifs is 2. The third-order valence-electron chi connectivity index (χ3n) is 5.78. The van der Waals surface area contributed by atoms with Crippen molar-refractivity contribution in [3.05, 3.63) is 71.1 Å². The van der Waals surface area contributed by atoms with Crippen LogP contribution in [0.5, 0.6) is 0 Å². The molecular weight excluding hydrogens is 499 g/mol. The summed E-state index contributed by atoms with van der Waals surface area (Å²) in [6, 6.07) is 8.27. The Balaban J connectivity index is 0.00000193. The van der Waals surface area contributed by atoms with Gasteiger partial charge in [-0.25, -0.2) is 4.39 Å². The first-order chi connectivity index (χ1) is 14.8. The smallest absolute Gasteiger partial charge is 0.395 e. The zero-order valence-corrected chi connectivity index (χ0v) is 20.2. The number of allylic oxidation sites excluding steroid dienone is 1. The fourth-order valence-corrected chi connectivity index (χ4v) is 5.25. The summed E-state index contributed by atoms with van der Waals surface area (Å²) in [5, 5.41) is 9.06. The molecule has 0 radical (unpaired) electrons. The van der Waals surface area contributed by atoms with E-state index in [9.17, 15) is 17.6 Å². The maximum absolute atomic E-state index is 13.8. The van der Waals surface area contributed by atoms with Gasteiger partial charge in [0.1, 0.15) is 5.82 Å². The molecule has 0 aliphatic carbocycles. The van der Waals surface area contributed by atoms with Gasteiger partial charge in [0, 0.05) is 55.0 Å². The Morgan fingerprint density at radius 2 is 1.64 bits per heavy atom. The molecule has 0 aromatic heterocycles. The first kappa shape index (κ1) is 28.0. The minimum atomic E-state index is -4.41. The van der Waals surface area contributed by atoms with Crippen molar-refractivity contribution in [2.45, 2.75) is 21.9 Å². The van der Waals surface area contributed by atoms with E-state index in [1.54, 1.807) is 6.07 Å². The highest BCUT2D eigenvalue weighted by atomic mass is 35.5. The van der Waals surface area contributed by atoms with E-state index >= 15 is 0 Å². The quantitative estimate of drug-likeness (QED) is 0.415. The number of piperazine rings is 1. The Labute approximate surface area is 207 Å². The molecule has 1 saturated heterocycles. The summed E-state index contributed by atoms with van der Waals surface area (Å²) in [5.74, 6) is -0.713. The van der Waals surface area contributed by atoms with E-state index in [1.807, 2.05) is 12.2 Å². The van der Waals surface area contributed by atoms with Gasteiger partial charge in [-0.15, -0.1) is 24.8 Å². The lowest BCUT2D eigenvalue weighted by Gasteiger charge is -2.33. The van der Waals surface area contributed by atoms with Crippen molar-refractivity contribution in [3.63, 3.8) is 0 Å². The Kier molecular flexibility index (Phi) is 10.1.